The number of carbonyl (C=O) groups is 2. The van der Waals surface area contributed by atoms with Crippen LogP contribution in [0.1, 0.15) is 24.0 Å². The van der Waals surface area contributed by atoms with Crippen LogP contribution in [0.15, 0.2) is 57.5 Å². The van der Waals surface area contributed by atoms with Crippen LogP contribution in [-0.2, 0) is 20.1 Å². The highest BCUT2D eigenvalue weighted by molar-refractivity contribution is 9.10. The first-order valence-electron chi connectivity index (χ1n) is 9.72. The number of thioether (sulfide) groups is 1. The largest absolute Gasteiger partial charge is 0.492 e. The average molecular weight is 536 g/mol. The predicted molar refractivity (Wildman–Crippen MR) is 127 cm³/mol. The first kappa shape index (κ1) is 24.2. The van der Waals surface area contributed by atoms with Gasteiger partial charge in [0.25, 0.3) is 0 Å². The number of allylic oxidation sites excluding steroid dienone is 1. The van der Waals surface area contributed by atoms with Crippen molar-refractivity contribution < 1.29 is 19.1 Å². The molecule has 0 aliphatic carbocycles. The second-order valence-corrected chi connectivity index (χ2v) is 9.17. The van der Waals surface area contributed by atoms with E-state index >= 15 is 0 Å². The Kier molecular flexibility index (Phi) is 8.24. The molecular formula is C23H20BrClN2O4S. The summed E-state index contributed by atoms with van der Waals surface area (Å²) in [5.41, 5.74) is 1.86. The summed E-state index contributed by atoms with van der Waals surface area (Å²) < 4.78 is 11.3. The molecule has 166 valence electrons. The number of methoxy groups -OCH3 is 1. The Morgan fingerprint density at radius 3 is 2.59 bits per heavy atom. The molecule has 0 spiro atoms. The highest BCUT2D eigenvalue weighted by Gasteiger charge is 2.44. The van der Waals surface area contributed by atoms with Gasteiger partial charge in [-0.25, -0.2) is 0 Å². The average Bonchev–Trinajstić information content (AvgIpc) is 2.79. The zero-order valence-corrected chi connectivity index (χ0v) is 20.5. The summed E-state index contributed by atoms with van der Waals surface area (Å²) >= 11 is 11.1. The molecule has 0 saturated heterocycles. The van der Waals surface area contributed by atoms with E-state index in [1.54, 1.807) is 18.2 Å². The number of carbonyl (C=O) groups excluding carboxylic acids is 2. The molecule has 9 heteroatoms. The maximum atomic E-state index is 12.9. The van der Waals surface area contributed by atoms with E-state index in [9.17, 15) is 14.9 Å². The van der Waals surface area contributed by atoms with Crippen molar-refractivity contribution in [2.24, 2.45) is 5.92 Å². The summed E-state index contributed by atoms with van der Waals surface area (Å²) in [4.78, 5) is 25.4. The molecule has 1 aliphatic rings. The zero-order valence-electron chi connectivity index (χ0n) is 17.4. The van der Waals surface area contributed by atoms with Gasteiger partial charge in [-0.2, -0.15) is 5.26 Å². The van der Waals surface area contributed by atoms with Crippen molar-refractivity contribution in [3.05, 3.63) is 73.7 Å². The van der Waals surface area contributed by atoms with Gasteiger partial charge >= 0.3 is 5.97 Å². The van der Waals surface area contributed by atoms with Gasteiger partial charge in [0.2, 0.25) is 5.91 Å². The fourth-order valence-electron chi connectivity index (χ4n) is 3.40. The minimum Gasteiger partial charge on any atom is -0.492 e. The van der Waals surface area contributed by atoms with Crippen LogP contribution in [0.5, 0.6) is 5.75 Å². The highest BCUT2D eigenvalue weighted by Crippen LogP contribution is 2.42. The van der Waals surface area contributed by atoms with Crippen LogP contribution in [0.2, 0.25) is 5.02 Å². The Morgan fingerprint density at radius 1 is 1.28 bits per heavy atom. The van der Waals surface area contributed by atoms with Crippen molar-refractivity contribution in [3.63, 3.8) is 0 Å². The number of ether oxygens (including phenoxy) is 2. The monoisotopic (exact) mass is 534 g/mol. The third-order valence-corrected chi connectivity index (χ3v) is 6.81. The van der Waals surface area contributed by atoms with E-state index in [4.69, 9.17) is 21.1 Å². The van der Waals surface area contributed by atoms with E-state index in [1.807, 2.05) is 31.2 Å². The molecule has 1 N–H and O–H groups in total. The van der Waals surface area contributed by atoms with Gasteiger partial charge in [-0.1, -0.05) is 45.7 Å². The van der Waals surface area contributed by atoms with Crippen LogP contribution < -0.4 is 10.1 Å². The van der Waals surface area contributed by atoms with E-state index in [-0.39, 0.29) is 5.57 Å². The topological polar surface area (TPSA) is 88.4 Å². The van der Waals surface area contributed by atoms with Crippen molar-refractivity contribution in [3.8, 4) is 11.8 Å². The van der Waals surface area contributed by atoms with Crippen LogP contribution in [0.4, 0.5) is 0 Å². The minimum absolute atomic E-state index is 0.280. The third-order valence-electron chi connectivity index (χ3n) is 4.90. The molecule has 0 saturated carbocycles. The maximum absolute atomic E-state index is 12.9. The number of nitrogens with one attached hydrogen (secondary N) is 1. The number of nitrogens with zero attached hydrogens (tertiary/aromatic N) is 1. The molecular weight excluding hydrogens is 516 g/mol. The molecule has 6 nitrogen and oxygen atoms in total. The van der Waals surface area contributed by atoms with Crippen LogP contribution in [-0.4, -0.2) is 25.6 Å². The van der Waals surface area contributed by atoms with Crippen LogP contribution >= 0.6 is 39.3 Å². The second kappa shape index (κ2) is 10.9. The molecule has 1 aliphatic heterocycles. The van der Waals surface area contributed by atoms with Gasteiger partial charge in [0.05, 0.1) is 35.4 Å². The highest BCUT2D eigenvalue weighted by atomic mass is 79.9. The Hall–Kier alpha value is -2.47. The molecule has 2 atom stereocenters. The Labute approximate surface area is 204 Å². The fourth-order valence-corrected chi connectivity index (χ4v) is 4.91. The first-order chi connectivity index (χ1) is 15.4. The predicted octanol–water partition coefficient (Wildman–Crippen LogP) is 5.17. The van der Waals surface area contributed by atoms with Crippen molar-refractivity contribution in [2.75, 3.05) is 13.7 Å². The van der Waals surface area contributed by atoms with Gasteiger partial charge in [-0.05, 0) is 42.3 Å². The van der Waals surface area contributed by atoms with E-state index in [1.165, 1.54) is 18.9 Å². The van der Waals surface area contributed by atoms with Gasteiger partial charge in [0, 0.05) is 16.1 Å². The molecule has 1 amide bonds. The number of halogens is 2. The van der Waals surface area contributed by atoms with Crippen molar-refractivity contribution in [1.29, 1.82) is 5.26 Å². The lowest BCUT2D eigenvalue weighted by atomic mass is 9.78. The summed E-state index contributed by atoms with van der Waals surface area (Å²) in [6.45, 7) is 2.28. The lowest BCUT2D eigenvalue weighted by Crippen LogP contribution is -2.44. The molecule has 0 fully saturated rings. The van der Waals surface area contributed by atoms with Gasteiger partial charge < -0.3 is 14.8 Å². The van der Waals surface area contributed by atoms with Gasteiger partial charge in [0.1, 0.15) is 11.7 Å². The maximum Gasteiger partial charge on any atom is 0.319 e. The standard InChI is InChI=1S/C23H20BrClN2O4S/c1-3-31-18-9-6-14(10-17(18)25)19-16(11-26)22(27-21(28)20(19)23(29)30-2)32-12-13-4-7-15(24)8-5-13/h4-10,19-20H,3,12H2,1-2H3,(H,27,28)/t19-,20+/m0/s1. The quantitative estimate of drug-likeness (QED) is 0.389. The summed E-state index contributed by atoms with van der Waals surface area (Å²) in [6.07, 6.45) is 0. The molecule has 2 aromatic rings. The van der Waals surface area contributed by atoms with Crippen molar-refractivity contribution in [2.45, 2.75) is 18.6 Å². The molecule has 2 aromatic carbocycles. The number of rotatable bonds is 7. The number of esters is 1. The van der Waals surface area contributed by atoms with E-state index in [0.29, 0.717) is 33.7 Å². The number of hydrogen-bond acceptors (Lipinski definition) is 6. The molecule has 0 radical (unpaired) electrons. The lowest BCUT2D eigenvalue weighted by Gasteiger charge is -2.31. The Balaban J connectivity index is 2.03. The van der Waals surface area contributed by atoms with Crippen LogP contribution in [0.25, 0.3) is 0 Å². The second-order valence-electron chi connectivity index (χ2n) is 6.86. The summed E-state index contributed by atoms with van der Waals surface area (Å²) in [6, 6.07) is 15.0. The van der Waals surface area contributed by atoms with E-state index in [0.717, 1.165) is 10.0 Å². The molecule has 0 aromatic heterocycles. The van der Waals surface area contributed by atoms with E-state index in [2.05, 4.69) is 27.3 Å². The number of nitriles is 1. The van der Waals surface area contributed by atoms with Gasteiger partial charge in [0.15, 0.2) is 0 Å². The summed E-state index contributed by atoms with van der Waals surface area (Å²) in [5.74, 6) is -2.26. The fraction of sp³-hybridized carbons (Fsp3) is 0.261. The van der Waals surface area contributed by atoms with Crippen molar-refractivity contribution in [1.82, 2.24) is 5.32 Å². The summed E-state index contributed by atoms with van der Waals surface area (Å²) in [5, 5.41) is 13.5. The zero-order chi connectivity index (χ0) is 23.3. The van der Waals surface area contributed by atoms with Crippen molar-refractivity contribution >= 4 is 51.2 Å². The van der Waals surface area contributed by atoms with E-state index < -0.39 is 23.7 Å². The molecule has 32 heavy (non-hydrogen) atoms. The number of amides is 1. The minimum atomic E-state index is -1.21. The lowest BCUT2D eigenvalue weighted by molar-refractivity contribution is -0.150. The molecule has 3 rings (SSSR count). The Bertz CT molecular complexity index is 1100. The van der Waals surface area contributed by atoms with Crippen LogP contribution in [0.3, 0.4) is 0 Å². The SMILES string of the molecule is CCOc1ccc([C@H]2C(C#N)=C(SCc3ccc(Br)cc3)NC(=O)[C@@H]2C(=O)OC)cc1Cl. The third kappa shape index (κ3) is 5.29. The summed E-state index contributed by atoms with van der Waals surface area (Å²) in [7, 11) is 1.21. The normalized spacial score (nSPS) is 18.0. The molecule has 1 heterocycles. The Morgan fingerprint density at radius 2 is 2.00 bits per heavy atom. The molecule has 0 unspecified atom stereocenters. The number of benzene rings is 2. The van der Waals surface area contributed by atoms with Gasteiger partial charge in [-0.15, -0.1) is 11.8 Å². The van der Waals surface area contributed by atoms with Crippen LogP contribution in [0, 0.1) is 17.2 Å². The van der Waals surface area contributed by atoms with Gasteiger partial charge in [-0.3, -0.25) is 9.59 Å². The molecule has 0 bridgehead atoms. The first-order valence-corrected chi connectivity index (χ1v) is 11.9. The smallest absolute Gasteiger partial charge is 0.319 e. The number of hydrogen-bond donors (Lipinski definition) is 1.